The van der Waals surface area contributed by atoms with E-state index in [2.05, 4.69) is 48.6 Å². The maximum absolute atomic E-state index is 12.6. The zero-order chi connectivity index (χ0) is 21.3. The molecule has 0 bridgehead atoms. The van der Waals surface area contributed by atoms with Gasteiger partial charge in [0.05, 0.1) is 6.04 Å². The van der Waals surface area contributed by atoms with Crippen LogP contribution in [0.5, 0.6) is 0 Å². The predicted molar refractivity (Wildman–Crippen MR) is 129 cm³/mol. The smallest absolute Gasteiger partial charge is 0.220 e. The largest absolute Gasteiger partial charge is 0.349 e. The normalized spacial score (nSPS) is 11.9. The fourth-order valence-electron chi connectivity index (χ4n) is 4.00. The quantitative estimate of drug-likeness (QED) is 0.283. The summed E-state index contributed by atoms with van der Waals surface area (Å²) < 4.78 is 0. The molecule has 1 N–H and O–H groups in total. The van der Waals surface area contributed by atoms with E-state index in [-0.39, 0.29) is 11.9 Å². The summed E-state index contributed by atoms with van der Waals surface area (Å²) in [6.45, 7) is 2.27. The Balaban J connectivity index is 1.63. The van der Waals surface area contributed by atoms with E-state index in [0.717, 1.165) is 19.3 Å². The van der Waals surface area contributed by atoms with Crippen LogP contribution in [0.25, 0.3) is 0 Å². The van der Waals surface area contributed by atoms with Crippen LogP contribution in [0.4, 0.5) is 0 Å². The first-order valence-electron chi connectivity index (χ1n) is 12.2. The molecule has 30 heavy (non-hydrogen) atoms. The molecular weight excluding hydrogens is 366 g/mol. The van der Waals surface area contributed by atoms with Crippen molar-refractivity contribution in [3.63, 3.8) is 0 Å². The summed E-state index contributed by atoms with van der Waals surface area (Å²) in [4.78, 5) is 12.6. The second-order valence-corrected chi connectivity index (χ2v) is 8.51. The number of nitrogens with one attached hydrogen (secondary N) is 1. The third kappa shape index (κ3) is 10.6. The van der Waals surface area contributed by atoms with Gasteiger partial charge in [0.25, 0.3) is 0 Å². The topological polar surface area (TPSA) is 29.1 Å². The van der Waals surface area contributed by atoms with Crippen molar-refractivity contribution in [2.75, 3.05) is 0 Å². The minimum Gasteiger partial charge on any atom is -0.349 e. The highest BCUT2D eigenvalue weighted by Gasteiger charge is 2.15. The third-order valence-corrected chi connectivity index (χ3v) is 5.83. The van der Waals surface area contributed by atoms with Crippen molar-refractivity contribution in [1.29, 1.82) is 0 Å². The van der Waals surface area contributed by atoms with Gasteiger partial charge in [-0.15, -0.1) is 0 Å². The van der Waals surface area contributed by atoms with Gasteiger partial charge in [-0.1, -0.05) is 132 Å². The van der Waals surface area contributed by atoms with Gasteiger partial charge in [-0.3, -0.25) is 4.79 Å². The molecule has 0 aliphatic heterocycles. The molecule has 2 aromatic rings. The van der Waals surface area contributed by atoms with E-state index < -0.39 is 0 Å². The van der Waals surface area contributed by atoms with Crippen LogP contribution < -0.4 is 5.32 Å². The highest BCUT2D eigenvalue weighted by atomic mass is 16.1. The van der Waals surface area contributed by atoms with Crippen molar-refractivity contribution in [3.05, 3.63) is 71.8 Å². The Morgan fingerprint density at radius 2 is 1.20 bits per heavy atom. The van der Waals surface area contributed by atoms with Gasteiger partial charge in [0.15, 0.2) is 0 Å². The zero-order valence-corrected chi connectivity index (χ0v) is 19.0. The summed E-state index contributed by atoms with van der Waals surface area (Å²) in [6, 6.07) is 20.8. The molecule has 0 saturated heterocycles. The van der Waals surface area contributed by atoms with Gasteiger partial charge in [0.1, 0.15) is 0 Å². The lowest BCUT2D eigenvalue weighted by molar-refractivity contribution is -0.122. The van der Waals surface area contributed by atoms with Crippen molar-refractivity contribution in [2.45, 2.75) is 96.4 Å². The van der Waals surface area contributed by atoms with Crippen LogP contribution in [0.1, 0.15) is 101 Å². The molecule has 0 radical (unpaired) electrons. The maximum Gasteiger partial charge on any atom is 0.220 e. The number of carbonyl (C=O) groups is 1. The van der Waals surface area contributed by atoms with Crippen LogP contribution in [0.15, 0.2) is 60.7 Å². The Morgan fingerprint density at radius 1 is 0.700 bits per heavy atom. The summed E-state index contributed by atoms with van der Waals surface area (Å²) in [5.74, 6) is 0.177. The van der Waals surface area contributed by atoms with Crippen molar-refractivity contribution >= 4 is 5.91 Å². The average molecular weight is 408 g/mol. The lowest BCUT2D eigenvalue weighted by Crippen LogP contribution is -2.29. The molecule has 2 rings (SSSR count). The summed E-state index contributed by atoms with van der Waals surface area (Å²) >= 11 is 0. The van der Waals surface area contributed by atoms with Gasteiger partial charge in [0.2, 0.25) is 5.91 Å². The van der Waals surface area contributed by atoms with E-state index in [1.54, 1.807) is 0 Å². The van der Waals surface area contributed by atoms with Crippen LogP contribution in [-0.4, -0.2) is 5.91 Å². The predicted octanol–water partition coefficient (Wildman–Crippen LogP) is 7.79. The van der Waals surface area contributed by atoms with E-state index in [1.807, 2.05) is 24.3 Å². The van der Waals surface area contributed by atoms with Gasteiger partial charge in [-0.25, -0.2) is 0 Å². The summed E-state index contributed by atoms with van der Waals surface area (Å²) in [7, 11) is 0. The summed E-state index contributed by atoms with van der Waals surface area (Å²) in [6.07, 6.45) is 15.8. The monoisotopic (exact) mass is 407 g/mol. The molecule has 0 aliphatic carbocycles. The zero-order valence-electron chi connectivity index (χ0n) is 19.0. The molecular formula is C28H41NO. The molecule has 0 heterocycles. The summed E-state index contributed by atoms with van der Waals surface area (Å²) in [5.41, 5.74) is 2.43. The number of hydrogen-bond acceptors (Lipinski definition) is 1. The molecule has 164 valence electrons. The molecule has 1 amide bonds. The van der Waals surface area contributed by atoms with Crippen LogP contribution in [0.2, 0.25) is 0 Å². The second-order valence-electron chi connectivity index (χ2n) is 8.51. The fraction of sp³-hybridized carbons (Fsp3) is 0.536. The van der Waals surface area contributed by atoms with E-state index in [1.165, 1.54) is 68.9 Å². The van der Waals surface area contributed by atoms with E-state index in [0.29, 0.717) is 6.42 Å². The highest BCUT2D eigenvalue weighted by Crippen LogP contribution is 2.19. The number of rotatable bonds is 16. The van der Waals surface area contributed by atoms with E-state index >= 15 is 0 Å². The van der Waals surface area contributed by atoms with Gasteiger partial charge < -0.3 is 5.32 Å². The molecule has 1 atom stereocenters. The number of benzene rings is 2. The molecule has 2 nitrogen and oxygen atoms in total. The standard InChI is InChI=1S/C28H41NO/c1-2-3-4-5-6-7-8-9-10-11-18-23-28(30)29-27(26-21-16-13-17-22-26)24-25-19-14-12-15-20-25/h12-17,19-22,27H,2-11,18,23-24H2,1H3,(H,29,30). The van der Waals surface area contributed by atoms with Crippen molar-refractivity contribution in [3.8, 4) is 0 Å². The van der Waals surface area contributed by atoms with Gasteiger partial charge >= 0.3 is 0 Å². The Labute approximate surface area is 184 Å². The van der Waals surface area contributed by atoms with Gasteiger partial charge in [0, 0.05) is 6.42 Å². The summed E-state index contributed by atoms with van der Waals surface area (Å²) in [5, 5.41) is 3.28. The number of amides is 1. The maximum atomic E-state index is 12.6. The van der Waals surface area contributed by atoms with E-state index in [4.69, 9.17) is 0 Å². The lowest BCUT2D eigenvalue weighted by atomic mass is 9.98. The first-order valence-corrected chi connectivity index (χ1v) is 12.2. The molecule has 2 heteroatoms. The molecule has 0 saturated carbocycles. The molecule has 0 aromatic heterocycles. The average Bonchev–Trinajstić information content (AvgIpc) is 2.78. The Bertz CT molecular complexity index is 668. The minimum absolute atomic E-state index is 0.0359. The Hall–Kier alpha value is -2.09. The number of carbonyl (C=O) groups excluding carboxylic acids is 1. The van der Waals surface area contributed by atoms with Crippen LogP contribution in [0, 0.1) is 0 Å². The molecule has 2 aromatic carbocycles. The van der Waals surface area contributed by atoms with Crippen molar-refractivity contribution in [1.82, 2.24) is 5.32 Å². The number of hydrogen-bond donors (Lipinski definition) is 1. The van der Waals surface area contributed by atoms with Gasteiger partial charge in [-0.2, -0.15) is 0 Å². The van der Waals surface area contributed by atoms with Crippen LogP contribution in [0.3, 0.4) is 0 Å². The van der Waals surface area contributed by atoms with Crippen LogP contribution in [-0.2, 0) is 11.2 Å². The van der Waals surface area contributed by atoms with Crippen molar-refractivity contribution in [2.24, 2.45) is 0 Å². The minimum atomic E-state index is 0.0359. The lowest BCUT2D eigenvalue weighted by Gasteiger charge is -2.19. The van der Waals surface area contributed by atoms with Crippen LogP contribution >= 0.6 is 0 Å². The molecule has 0 fully saturated rings. The Morgan fingerprint density at radius 3 is 1.77 bits per heavy atom. The molecule has 0 spiro atoms. The third-order valence-electron chi connectivity index (χ3n) is 5.83. The molecule has 1 unspecified atom stereocenters. The fourth-order valence-corrected chi connectivity index (χ4v) is 4.00. The Kier molecular flexibility index (Phi) is 12.7. The second kappa shape index (κ2) is 15.7. The highest BCUT2D eigenvalue weighted by molar-refractivity contribution is 5.76. The van der Waals surface area contributed by atoms with E-state index in [9.17, 15) is 4.79 Å². The van der Waals surface area contributed by atoms with Crippen molar-refractivity contribution < 1.29 is 4.79 Å². The number of unbranched alkanes of at least 4 members (excludes halogenated alkanes) is 10. The first kappa shape index (κ1) is 24.2. The SMILES string of the molecule is CCCCCCCCCCCCCC(=O)NC(Cc1ccccc1)c1ccccc1. The van der Waals surface area contributed by atoms with Gasteiger partial charge in [-0.05, 0) is 24.0 Å². The first-order chi connectivity index (χ1) is 14.8. The molecule has 0 aliphatic rings.